The van der Waals surface area contributed by atoms with Crippen molar-refractivity contribution in [2.75, 3.05) is 6.61 Å². The van der Waals surface area contributed by atoms with Gasteiger partial charge in [-0.05, 0) is 12.2 Å². The number of nitrogens with one attached hydrogen (secondary N) is 1. The van der Waals surface area contributed by atoms with Gasteiger partial charge in [0.1, 0.15) is 11.6 Å². The molecule has 0 fully saturated rings. The van der Waals surface area contributed by atoms with E-state index >= 15 is 0 Å². The molecule has 0 bridgehead atoms. The molecule has 0 spiro atoms. The molecule has 0 aliphatic rings. The Balaban J connectivity index is 3.12. The summed E-state index contributed by atoms with van der Waals surface area (Å²) in [5, 5.41) is 11.0. The van der Waals surface area contributed by atoms with Crippen molar-refractivity contribution in [3.63, 3.8) is 0 Å². The van der Waals surface area contributed by atoms with Crippen molar-refractivity contribution in [2.24, 2.45) is 7.05 Å². The molecule has 0 saturated carbocycles. The lowest BCUT2D eigenvalue weighted by Gasteiger charge is -1.96. The lowest BCUT2D eigenvalue weighted by Crippen LogP contribution is -2.34. The van der Waals surface area contributed by atoms with Crippen molar-refractivity contribution < 1.29 is 18.7 Å². The predicted octanol–water partition coefficient (Wildman–Crippen LogP) is -0.738. The molecule has 7 nitrogen and oxygen atoms in total. The molecule has 0 saturated heterocycles. The highest BCUT2D eigenvalue weighted by atomic mass is 16.5. The fourth-order valence-electron chi connectivity index (χ4n) is 0.986. The summed E-state index contributed by atoms with van der Waals surface area (Å²) in [6.07, 6.45) is 1.11. The zero-order valence-electron chi connectivity index (χ0n) is 8.81. The van der Waals surface area contributed by atoms with E-state index in [1.807, 2.05) is 0 Å². The van der Waals surface area contributed by atoms with Crippen molar-refractivity contribution in [3.05, 3.63) is 21.7 Å². The van der Waals surface area contributed by atoms with Gasteiger partial charge in [0.2, 0.25) is 0 Å². The SMILES string of the molecule is CCOC(=O)/C(C#N)=C/c1c(=O)o[nH][n+]1C. The summed E-state index contributed by atoms with van der Waals surface area (Å²) in [6.45, 7) is 1.78. The van der Waals surface area contributed by atoms with E-state index in [9.17, 15) is 9.59 Å². The minimum atomic E-state index is -0.773. The number of carbonyl (C=O) groups is 1. The van der Waals surface area contributed by atoms with E-state index in [4.69, 9.17) is 5.26 Å². The Morgan fingerprint density at radius 2 is 2.44 bits per heavy atom. The first-order valence-corrected chi connectivity index (χ1v) is 4.46. The number of esters is 1. The van der Waals surface area contributed by atoms with Crippen LogP contribution >= 0.6 is 0 Å². The van der Waals surface area contributed by atoms with Crippen LogP contribution in [0.5, 0.6) is 0 Å². The van der Waals surface area contributed by atoms with Gasteiger partial charge >= 0.3 is 17.3 Å². The number of carbonyl (C=O) groups excluding carboxylic acids is 1. The summed E-state index contributed by atoms with van der Waals surface area (Å²) >= 11 is 0. The maximum absolute atomic E-state index is 11.3. The number of aryl methyl sites for hydroxylation is 1. The number of hydrogen-bond donors (Lipinski definition) is 1. The Bertz CT molecular complexity index is 518. The van der Waals surface area contributed by atoms with Crippen LogP contribution in [0.15, 0.2) is 14.9 Å². The van der Waals surface area contributed by atoms with Crippen molar-refractivity contribution in [3.8, 4) is 6.07 Å². The topological polar surface area (TPSA) is 100.0 Å². The first kappa shape index (κ1) is 11.7. The van der Waals surface area contributed by atoms with Gasteiger partial charge in [0, 0.05) is 6.08 Å². The highest BCUT2D eigenvalue weighted by Gasteiger charge is 2.19. The second-order valence-electron chi connectivity index (χ2n) is 2.82. The van der Waals surface area contributed by atoms with E-state index in [0.717, 1.165) is 6.08 Å². The van der Waals surface area contributed by atoms with Crippen LogP contribution in [0.2, 0.25) is 0 Å². The predicted molar refractivity (Wildman–Crippen MR) is 50.7 cm³/mol. The first-order valence-electron chi connectivity index (χ1n) is 4.46. The van der Waals surface area contributed by atoms with Gasteiger partial charge in [-0.15, -0.1) is 0 Å². The first-order chi connectivity index (χ1) is 7.60. The number of nitriles is 1. The number of ether oxygens (including phenoxy) is 1. The molecule has 0 amide bonds. The van der Waals surface area contributed by atoms with Crippen LogP contribution in [0, 0.1) is 11.3 Å². The molecule has 0 aliphatic carbocycles. The van der Waals surface area contributed by atoms with Crippen molar-refractivity contribution >= 4 is 12.0 Å². The van der Waals surface area contributed by atoms with Gasteiger partial charge in [0.05, 0.1) is 6.61 Å². The number of rotatable bonds is 3. The third-order valence-corrected chi connectivity index (χ3v) is 1.74. The molecule has 0 unspecified atom stereocenters. The molecule has 1 aromatic heterocycles. The number of hydrogen-bond acceptors (Lipinski definition) is 5. The van der Waals surface area contributed by atoms with Crippen LogP contribution in [0.25, 0.3) is 6.08 Å². The molecule has 0 radical (unpaired) electrons. The quantitative estimate of drug-likeness (QED) is 0.315. The lowest BCUT2D eigenvalue weighted by molar-refractivity contribution is -0.741. The Morgan fingerprint density at radius 3 is 2.88 bits per heavy atom. The fraction of sp³-hybridized carbons (Fsp3) is 0.333. The molecular weight excluding hydrogens is 214 g/mol. The van der Waals surface area contributed by atoms with Crippen LogP contribution in [0.4, 0.5) is 0 Å². The van der Waals surface area contributed by atoms with Crippen LogP contribution in [-0.4, -0.2) is 17.8 Å². The molecule has 7 heteroatoms. The lowest BCUT2D eigenvalue weighted by atomic mass is 10.2. The number of aromatic amines is 1. The third kappa shape index (κ3) is 2.36. The van der Waals surface area contributed by atoms with Gasteiger partial charge in [-0.1, -0.05) is 4.68 Å². The maximum atomic E-state index is 11.3. The number of nitrogens with zero attached hydrogens (tertiary/aromatic N) is 2. The monoisotopic (exact) mass is 224 g/mol. The molecule has 0 aliphatic heterocycles. The summed E-state index contributed by atoms with van der Waals surface area (Å²) in [5.74, 6) is -0.773. The fourth-order valence-corrected chi connectivity index (χ4v) is 0.986. The van der Waals surface area contributed by atoms with Gasteiger partial charge < -0.3 is 4.74 Å². The average molecular weight is 224 g/mol. The molecule has 1 heterocycles. The normalized spacial score (nSPS) is 10.9. The Morgan fingerprint density at radius 1 is 1.75 bits per heavy atom. The van der Waals surface area contributed by atoms with E-state index in [-0.39, 0.29) is 17.9 Å². The Hall–Kier alpha value is -2.36. The number of H-pyrrole nitrogens is 1. The van der Waals surface area contributed by atoms with E-state index in [2.05, 4.69) is 14.5 Å². The van der Waals surface area contributed by atoms with E-state index in [0.29, 0.717) is 0 Å². The van der Waals surface area contributed by atoms with E-state index < -0.39 is 11.6 Å². The van der Waals surface area contributed by atoms with Crippen LogP contribution in [0.3, 0.4) is 0 Å². The van der Waals surface area contributed by atoms with Crippen molar-refractivity contribution in [1.29, 1.82) is 5.26 Å². The molecular formula is C9H10N3O4+. The van der Waals surface area contributed by atoms with Crippen LogP contribution in [0.1, 0.15) is 12.6 Å². The minimum Gasteiger partial charge on any atom is -0.462 e. The number of aromatic nitrogens is 2. The van der Waals surface area contributed by atoms with Crippen LogP contribution in [-0.2, 0) is 16.6 Å². The van der Waals surface area contributed by atoms with Gasteiger partial charge in [-0.2, -0.15) is 5.26 Å². The zero-order chi connectivity index (χ0) is 12.1. The zero-order valence-corrected chi connectivity index (χ0v) is 8.81. The van der Waals surface area contributed by atoms with Crippen LogP contribution < -0.4 is 10.3 Å². The third-order valence-electron chi connectivity index (χ3n) is 1.74. The molecule has 1 N–H and O–H groups in total. The second-order valence-corrected chi connectivity index (χ2v) is 2.82. The molecule has 1 aromatic rings. The molecule has 0 aromatic carbocycles. The summed E-state index contributed by atoms with van der Waals surface area (Å²) in [6, 6.07) is 1.66. The summed E-state index contributed by atoms with van der Waals surface area (Å²) in [5.41, 5.74) is -0.867. The molecule has 0 atom stereocenters. The smallest absolute Gasteiger partial charge is 0.434 e. The maximum Gasteiger partial charge on any atom is 0.434 e. The van der Waals surface area contributed by atoms with Gasteiger partial charge in [-0.25, -0.2) is 9.59 Å². The summed E-state index contributed by atoms with van der Waals surface area (Å²) in [4.78, 5) is 22.4. The minimum absolute atomic E-state index is 0.0598. The Labute approximate surface area is 90.5 Å². The van der Waals surface area contributed by atoms with E-state index in [1.165, 1.54) is 11.7 Å². The van der Waals surface area contributed by atoms with Crippen molar-refractivity contribution in [1.82, 2.24) is 5.27 Å². The van der Waals surface area contributed by atoms with Gasteiger partial charge in [0.25, 0.3) is 0 Å². The van der Waals surface area contributed by atoms with Crippen molar-refractivity contribution in [2.45, 2.75) is 6.92 Å². The summed E-state index contributed by atoms with van der Waals surface area (Å²) < 4.78 is 10.3. The standard InChI is InChI=1S/C9H9N3O4/c1-3-15-8(13)6(5-10)4-7-9(14)16-11-12(7)2/h4H,3H2,1-2H3/p+1. The van der Waals surface area contributed by atoms with Gasteiger partial charge in [-0.3, -0.25) is 4.52 Å². The molecule has 16 heavy (non-hydrogen) atoms. The molecule has 1 rings (SSSR count). The molecule has 84 valence electrons. The Kier molecular flexibility index (Phi) is 3.61. The summed E-state index contributed by atoms with van der Waals surface area (Å²) in [7, 11) is 1.51. The highest BCUT2D eigenvalue weighted by molar-refractivity contribution is 5.97. The highest BCUT2D eigenvalue weighted by Crippen LogP contribution is 2.00. The van der Waals surface area contributed by atoms with E-state index in [1.54, 1.807) is 13.0 Å². The van der Waals surface area contributed by atoms with Gasteiger partial charge in [0.15, 0.2) is 7.05 Å². The second kappa shape index (κ2) is 4.93. The largest absolute Gasteiger partial charge is 0.462 e. The average Bonchev–Trinajstić information content (AvgIpc) is 2.56.